The number of carbonyl (C=O) groups excluding carboxylic acids is 1. The van der Waals surface area contributed by atoms with Gasteiger partial charge in [-0.15, -0.1) is 0 Å². The molecule has 0 radical (unpaired) electrons. The molecule has 1 atom stereocenters. The van der Waals surface area contributed by atoms with Gasteiger partial charge in [0, 0.05) is 5.56 Å². The minimum absolute atomic E-state index is 0.407. The van der Waals surface area contributed by atoms with E-state index in [9.17, 15) is 4.79 Å². The number of esters is 1. The van der Waals surface area contributed by atoms with E-state index in [0.29, 0.717) is 5.75 Å². The van der Waals surface area contributed by atoms with Crippen LogP contribution >= 0.6 is 0 Å². The summed E-state index contributed by atoms with van der Waals surface area (Å²) in [6, 6.07) is 17.1. The fourth-order valence-corrected chi connectivity index (χ4v) is 1.93. The molecule has 2 aromatic rings. The van der Waals surface area contributed by atoms with Crippen LogP contribution in [0, 0.1) is 0 Å². The van der Waals surface area contributed by atoms with Crippen LogP contribution < -0.4 is 4.74 Å². The largest absolute Gasteiger partial charge is 0.474 e. The van der Waals surface area contributed by atoms with E-state index in [1.807, 2.05) is 54.6 Å². The summed E-state index contributed by atoms with van der Waals surface area (Å²) in [7, 11) is 1.36. The Balaban J connectivity index is 2.21. The number of hydrogen-bond donors (Lipinski definition) is 0. The molecule has 0 N–H and O–H groups in total. The van der Waals surface area contributed by atoms with Gasteiger partial charge in [0.05, 0.1) is 7.11 Å². The lowest BCUT2D eigenvalue weighted by Crippen LogP contribution is -2.20. The van der Waals surface area contributed by atoms with Gasteiger partial charge in [-0.25, -0.2) is 4.79 Å². The maximum absolute atomic E-state index is 11.9. The minimum atomic E-state index is -0.742. The molecular weight excluding hydrogens is 252 g/mol. The maximum Gasteiger partial charge on any atom is 0.351 e. The van der Waals surface area contributed by atoms with Gasteiger partial charge in [-0.3, -0.25) is 0 Å². The number of rotatable bonds is 5. The third kappa shape index (κ3) is 3.38. The van der Waals surface area contributed by atoms with Crippen molar-refractivity contribution in [2.45, 2.75) is 19.4 Å². The molecule has 20 heavy (non-hydrogen) atoms. The average molecular weight is 270 g/mol. The lowest BCUT2D eigenvalue weighted by molar-refractivity contribution is -0.149. The predicted molar refractivity (Wildman–Crippen MR) is 77.6 cm³/mol. The summed E-state index contributed by atoms with van der Waals surface area (Å²) in [5, 5.41) is 0. The summed E-state index contributed by atoms with van der Waals surface area (Å²) in [4.78, 5) is 11.9. The van der Waals surface area contributed by atoms with Crippen LogP contribution in [0.1, 0.15) is 24.2 Å². The number of benzene rings is 2. The van der Waals surface area contributed by atoms with Gasteiger partial charge in [0.2, 0.25) is 6.10 Å². The van der Waals surface area contributed by atoms with E-state index in [2.05, 4.69) is 6.92 Å². The van der Waals surface area contributed by atoms with Crippen LogP contribution in [0.2, 0.25) is 0 Å². The minimum Gasteiger partial charge on any atom is -0.474 e. The van der Waals surface area contributed by atoms with Crippen molar-refractivity contribution in [3.8, 4) is 5.75 Å². The number of ether oxygens (including phenoxy) is 2. The number of hydrogen-bond acceptors (Lipinski definition) is 3. The zero-order valence-corrected chi connectivity index (χ0v) is 11.7. The van der Waals surface area contributed by atoms with Crippen LogP contribution in [0.5, 0.6) is 5.75 Å². The van der Waals surface area contributed by atoms with E-state index in [-0.39, 0.29) is 0 Å². The zero-order valence-electron chi connectivity index (χ0n) is 11.7. The van der Waals surface area contributed by atoms with Crippen LogP contribution in [-0.4, -0.2) is 13.1 Å². The van der Waals surface area contributed by atoms with Gasteiger partial charge in [0.1, 0.15) is 5.75 Å². The first-order valence-electron chi connectivity index (χ1n) is 6.63. The standard InChI is InChI=1S/C17H18O3/c1-3-13-9-11-15(12-10-13)20-16(17(18)19-2)14-7-5-4-6-8-14/h4-12,16H,3H2,1-2H3. The summed E-state index contributed by atoms with van der Waals surface area (Å²) >= 11 is 0. The summed E-state index contributed by atoms with van der Waals surface area (Å²) in [5.74, 6) is 0.247. The smallest absolute Gasteiger partial charge is 0.351 e. The Labute approximate surface area is 119 Å². The SMILES string of the molecule is CCc1ccc(OC(C(=O)OC)c2ccccc2)cc1. The van der Waals surface area contributed by atoms with Gasteiger partial charge in [0.25, 0.3) is 0 Å². The molecule has 0 aliphatic carbocycles. The van der Waals surface area contributed by atoms with Crippen molar-refractivity contribution >= 4 is 5.97 Å². The van der Waals surface area contributed by atoms with E-state index in [4.69, 9.17) is 9.47 Å². The molecular formula is C17H18O3. The van der Waals surface area contributed by atoms with Crippen molar-refractivity contribution in [2.24, 2.45) is 0 Å². The molecule has 3 nitrogen and oxygen atoms in total. The summed E-state index contributed by atoms with van der Waals surface area (Å²) in [6.45, 7) is 2.09. The molecule has 2 rings (SSSR count). The fraction of sp³-hybridized carbons (Fsp3) is 0.235. The van der Waals surface area contributed by atoms with Crippen molar-refractivity contribution in [2.75, 3.05) is 7.11 Å². The summed E-state index contributed by atoms with van der Waals surface area (Å²) < 4.78 is 10.6. The molecule has 0 aliphatic heterocycles. The molecule has 1 unspecified atom stereocenters. The van der Waals surface area contributed by atoms with E-state index in [1.165, 1.54) is 12.7 Å². The zero-order chi connectivity index (χ0) is 14.4. The summed E-state index contributed by atoms with van der Waals surface area (Å²) in [5.41, 5.74) is 2.01. The number of carbonyl (C=O) groups is 1. The highest BCUT2D eigenvalue weighted by atomic mass is 16.6. The van der Waals surface area contributed by atoms with Crippen molar-refractivity contribution in [1.82, 2.24) is 0 Å². The highest BCUT2D eigenvalue weighted by Gasteiger charge is 2.23. The summed E-state index contributed by atoms with van der Waals surface area (Å²) in [6.07, 6.45) is 0.230. The Hall–Kier alpha value is -2.29. The van der Waals surface area contributed by atoms with Gasteiger partial charge in [-0.2, -0.15) is 0 Å². The van der Waals surface area contributed by atoms with Crippen LogP contribution in [-0.2, 0) is 16.0 Å². The molecule has 0 saturated heterocycles. The Kier molecular flexibility index (Phi) is 4.77. The molecule has 3 heteroatoms. The lowest BCUT2D eigenvalue weighted by atomic mass is 10.1. The Morgan fingerprint density at radius 3 is 2.25 bits per heavy atom. The van der Waals surface area contributed by atoms with E-state index < -0.39 is 12.1 Å². The van der Waals surface area contributed by atoms with Gasteiger partial charge in [-0.1, -0.05) is 49.4 Å². The van der Waals surface area contributed by atoms with Gasteiger partial charge >= 0.3 is 5.97 Å². The molecule has 0 amide bonds. The molecule has 0 fully saturated rings. The Morgan fingerprint density at radius 2 is 1.70 bits per heavy atom. The van der Waals surface area contributed by atoms with E-state index in [1.54, 1.807) is 0 Å². The first-order valence-corrected chi connectivity index (χ1v) is 6.63. The van der Waals surface area contributed by atoms with Crippen molar-refractivity contribution in [3.63, 3.8) is 0 Å². The first kappa shape index (κ1) is 14.1. The van der Waals surface area contributed by atoms with Crippen LogP contribution in [0.4, 0.5) is 0 Å². The molecule has 2 aromatic carbocycles. The second kappa shape index (κ2) is 6.75. The topological polar surface area (TPSA) is 35.5 Å². The average Bonchev–Trinajstić information content (AvgIpc) is 2.53. The second-order valence-corrected chi connectivity index (χ2v) is 4.43. The molecule has 0 heterocycles. The second-order valence-electron chi connectivity index (χ2n) is 4.43. The number of aryl methyl sites for hydroxylation is 1. The number of methoxy groups -OCH3 is 1. The Bertz CT molecular complexity index is 546. The van der Waals surface area contributed by atoms with Crippen molar-refractivity contribution in [1.29, 1.82) is 0 Å². The highest BCUT2D eigenvalue weighted by Crippen LogP contribution is 2.23. The van der Waals surface area contributed by atoms with Gasteiger partial charge in [0.15, 0.2) is 0 Å². The molecule has 0 saturated carbocycles. The van der Waals surface area contributed by atoms with Crippen molar-refractivity contribution < 1.29 is 14.3 Å². The quantitative estimate of drug-likeness (QED) is 0.779. The first-order chi connectivity index (χ1) is 9.74. The van der Waals surface area contributed by atoms with Gasteiger partial charge in [-0.05, 0) is 24.1 Å². The molecule has 0 aromatic heterocycles. The molecule has 0 bridgehead atoms. The van der Waals surface area contributed by atoms with Crippen molar-refractivity contribution in [3.05, 3.63) is 65.7 Å². The normalized spacial score (nSPS) is 11.7. The fourth-order valence-electron chi connectivity index (χ4n) is 1.93. The van der Waals surface area contributed by atoms with E-state index in [0.717, 1.165) is 12.0 Å². The highest BCUT2D eigenvalue weighted by molar-refractivity contribution is 5.76. The van der Waals surface area contributed by atoms with E-state index >= 15 is 0 Å². The third-order valence-corrected chi connectivity index (χ3v) is 3.10. The van der Waals surface area contributed by atoms with Gasteiger partial charge < -0.3 is 9.47 Å². The maximum atomic E-state index is 11.9. The van der Waals surface area contributed by atoms with Crippen LogP contribution in [0.3, 0.4) is 0 Å². The molecule has 0 aliphatic rings. The lowest BCUT2D eigenvalue weighted by Gasteiger charge is -2.17. The predicted octanol–water partition coefficient (Wildman–Crippen LogP) is 3.54. The third-order valence-electron chi connectivity index (χ3n) is 3.10. The van der Waals surface area contributed by atoms with Crippen LogP contribution in [0.15, 0.2) is 54.6 Å². The Morgan fingerprint density at radius 1 is 1.05 bits per heavy atom. The monoisotopic (exact) mass is 270 g/mol. The molecule has 104 valence electrons. The molecule has 0 spiro atoms. The van der Waals surface area contributed by atoms with Crippen LogP contribution in [0.25, 0.3) is 0 Å².